The second kappa shape index (κ2) is 5.82. The number of aliphatic hydroxyl groups is 1. The molecule has 1 rings (SSSR count). The lowest BCUT2D eigenvalue weighted by Gasteiger charge is -2.08. The second-order valence-corrected chi connectivity index (χ2v) is 4.39. The monoisotopic (exact) mass is 228 g/mol. The van der Waals surface area contributed by atoms with Gasteiger partial charge >= 0.3 is 0 Å². The maximum absolute atomic E-state index is 8.88. The molecule has 0 amide bonds. The van der Waals surface area contributed by atoms with Gasteiger partial charge in [0.2, 0.25) is 5.88 Å². The number of hydrogen-bond donors (Lipinski definition) is 2. The van der Waals surface area contributed by atoms with Gasteiger partial charge < -0.3 is 15.6 Å². The Kier molecular flexibility index (Phi) is 4.71. The Morgan fingerprint density at radius 1 is 1.60 bits per heavy atom. The van der Waals surface area contributed by atoms with Gasteiger partial charge in [0.25, 0.3) is 0 Å². The molecule has 0 radical (unpaired) electrons. The average molecular weight is 228 g/mol. The molecule has 0 aliphatic carbocycles. The lowest BCUT2D eigenvalue weighted by molar-refractivity contribution is 0.250. The van der Waals surface area contributed by atoms with E-state index in [1.807, 2.05) is 13.0 Å². The minimum Gasteiger partial charge on any atom is -0.480 e. The molecule has 0 spiro atoms. The molecule has 5 heteroatoms. The number of aliphatic hydroxyl groups excluding tert-OH is 1. The maximum atomic E-state index is 8.88. The van der Waals surface area contributed by atoms with E-state index in [4.69, 9.17) is 15.6 Å². The first-order valence-electron chi connectivity index (χ1n) is 4.71. The summed E-state index contributed by atoms with van der Waals surface area (Å²) in [7, 11) is 1.55. The summed E-state index contributed by atoms with van der Waals surface area (Å²) in [6, 6.07) is 3.63. The number of anilines is 1. The lowest BCUT2D eigenvalue weighted by atomic mass is 10.2. The van der Waals surface area contributed by atoms with E-state index in [1.54, 1.807) is 24.9 Å². The summed E-state index contributed by atoms with van der Waals surface area (Å²) in [6.45, 7) is 2.18. The number of hydrogen-bond acceptors (Lipinski definition) is 5. The lowest BCUT2D eigenvalue weighted by Crippen LogP contribution is -2.04. The van der Waals surface area contributed by atoms with E-state index in [0.717, 1.165) is 10.8 Å². The zero-order valence-corrected chi connectivity index (χ0v) is 9.75. The van der Waals surface area contributed by atoms with E-state index < -0.39 is 0 Å². The Morgan fingerprint density at radius 3 is 2.93 bits per heavy atom. The van der Waals surface area contributed by atoms with Crippen molar-refractivity contribution in [2.24, 2.45) is 5.92 Å². The fourth-order valence-corrected chi connectivity index (χ4v) is 1.83. The predicted molar refractivity (Wildman–Crippen MR) is 62.2 cm³/mol. The Bertz CT molecular complexity index is 320. The quantitative estimate of drug-likeness (QED) is 0.745. The van der Waals surface area contributed by atoms with Gasteiger partial charge in [-0.15, -0.1) is 11.8 Å². The van der Waals surface area contributed by atoms with Crippen LogP contribution in [0.25, 0.3) is 0 Å². The van der Waals surface area contributed by atoms with Crippen LogP contribution in [0.5, 0.6) is 5.88 Å². The van der Waals surface area contributed by atoms with Crippen molar-refractivity contribution in [3.05, 3.63) is 12.1 Å². The van der Waals surface area contributed by atoms with Crippen molar-refractivity contribution in [2.75, 3.05) is 25.2 Å². The maximum Gasteiger partial charge on any atom is 0.237 e. The molecular formula is C10H16N2O2S. The van der Waals surface area contributed by atoms with Crippen molar-refractivity contribution >= 4 is 17.4 Å². The summed E-state index contributed by atoms with van der Waals surface area (Å²) < 4.78 is 5.02. The number of rotatable bonds is 5. The molecule has 15 heavy (non-hydrogen) atoms. The van der Waals surface area contributed by atoms with Gasteiger partial charge in [-0.05, 0) is 18.1 Å². The molecule has 84 valence electrons. The van der Waals surface area contributed by atoms with Gasteiger partial charge in [-0.25, -0.2) is 4.98 Å². The summed E-state index contributed by atoms with van der Waals surface area (Å²) >= 11 is 1.58. The third-order valence-electron chi connectivity index (χ3n) is 1.88. The molecule has 0 saturated heterocycles. The summed E-state index contributed by atoms with van der Waals surface area (Å²) in [5.74, 6) is 1.55. The molecular weight excluding hydrogens is 212 g/mol. The molecule has 3 N–H and O–H groups in total. The van der Waals surface area contributed by atoms with Crippen LogP contribution < -0.4 is 10.5 Å². The number of aromatic nitrogens is 1. The molecule has 0 aliphatic heterocycles. The first-order chi connectivity index (χ1) is 7.17. The molecule has 0 aliphatic rings. The van der Waals surface area contributed by atoms with Gasteiger partial charge in [-0.2, -0.15) is 0 Å². The van der Waals surface area contributed by atoms with Crippen molar-refractivity contribution in [1.82, 2.24) is 4.98 Å². The van der Waals surface area contributed by atoms with Gasteiger partial charge in [0.1, 0.15) is 5.03 Å². The Hall–Kier alpha value is -0.940. The van der Waals surface area contributed by atoms with Crippen molar-refractivity contribution < 1.29 is 9.84 Å². The average Bonchev–Trinajstić information content (AvgIpc) is 2.27. The highest BCUT2D eigenvalue weighted by Gasteiger charge is 2.05. The van der Waals surface area contributed by atoms with Crippen LogP contribution in [0.2, 0.25) is 0 Å². The summed E-state index contributed by atoms with van der Waals surface area (Å²) in [6.07, 6.45) is 0. The number of ether oxygens (including phenoxy) is 1. The number of pyridine rings is 1. The molecule has 0 fully saturated rings. The minimum absolute atomic E-state index is 0.194. The SMILES string of the molecule is COc1nc(SCC(C)CO)ccc1N. The normalized spacial score (nSPS) is 12.5. The number of methoxy groups -OCH3 is 1. The number of thioether (sulfide) groups is 1. The van der Waals surface area contributed by atoms with E-state index in [2.05, 4.69) is 4.98 Å². The molecule has 1 unspecified atom stereocenters. The van der Waals surface area contributed by atoms with E-state index in [0.29, 0.717) is 11.6 Å². The Morgan fingerprint density at radius 2 is 2.33 bits per heavy atom. The third kappa shape index (κ3) is 3.60. The molecule has 0 saturated carbocycles. The zero-order chi connectivity index (χ0) is 11.3. The van der Waals surface area contributed by atoms with Gasteiger partial charge in [0, 0.05) is 12.4 Å². The number of nitrogens with two attached hydrogens (primary N) is 1. The minimum atomic E-state index is 0.194. The largest absolute Gasteiger partial charge is 0.480 e. The molecule has 4 nitrogen and oxygen atoms in total. The van der Waals surface area contributed by atoms with E-state index in [1.165, 1.54) is 0 Å². The van der Waals surface area contributed by atoms with E-state index in [9.17, 15) is 0 Å². The van der Waals surface area contributed by atoms with Crippen molar-refractivity contribution in [2.45, 2.75) is 11.9 Å². The molecule has 1 atom stereocenters. The summed E-state index contributed by atoms with van der Waals surface area (Å²) in [5, 5.41) is 9.74. The number of nitrogens with zero attached hydrogens (tertiary/aromatic N) is 1. The Balaban J connectivity index is 2.62. The fraction of sp³-hybridized carbons (Fsp3) is 0.500. The summed E-state index contributed by atoms with van der Waals surface area (Å²) in [4.78, 5) is 4.23. The molecule has 0 bridgehead atoms. The van der Waals surface area contributed by atoms with Crippen molar-refractivity contribution in [3.63, 3.8) is 0 Å². The highest BCUT2D eigenvalue weighted by Crippen LogP contribution is 2.24. The van der Waals surface area contributed by atoms with Crippen LogP contribution in [0.3, 0.4) is 0 Å². The van der Waals surface area contributed by atoms with Gasteiger partial charge in [-0.1, -0.05) is 6.92 Å². The molecule has 0 aromatic carbocycles. The van der Waals surface area contributed by atoms with Gasteiger partial charge in [0.05, 0.1) is 12.8 Å². The standard InChI is InChI=1S/C10H16N2O2S/c1-7(5-13)6-15-9-4-3-8(11)10(12-9)14-2/h3-4,7,13H,5-6,11H2,1-2H3. The zero-order valence-electron chi connectivity index (χ0n) is 8.93. The van der Waals surface area contributed by atoms with Crippen LogP contribution in [-0.2, 0) is 0 Å². The Labute approximate surface area is 93.8 Å². The van der Waals surface area contributed by atoms with Crippen LogP contribution in [0.15, 0.2) is 17.2 Å². The highest BCUT2D eigenvalue weighted by atomic mass is 32.2. The van der Waals surface area contributed by atoms with Gasteiger partial charge in [0.15, 0.2) is 0 Å². The van der Waals surface area contributed by atoms with Crippen LogP contribution in [0.4, 0.5) is 5.69 Å². The summed E-state index contributed by atoms with van der Waals surface area (Å²) in [5.41, 5.74) is 6.18. The molecule has 1 heterocycles. The van der Waals surface area contributed by atoms with E-state index in [-0.39, 0.29) is 12.5 Å². The van der Waals surface area contributed by atoms with E-state index >= 15 is 0 Å². The topological polar surface area (TPSA) is 68.4 Å². The van der Waals surface area contributed by atoms with Gasteiger partial charge in [-0.3, -0.25) is 0 Å². The van der Waals surface area contributed by atoms with Crippen LogP contribution in [0.1, 0.15) is 6.92 Å². The van der Waals surface area contributed by atoms with Crippen LogP contribution in [-0.4, -0.2) is 29.6 Å². The van der Waals surface area contributed by atoms with Crippen LogP contribution >= 0.6 is 11.8 Å². The third-order valence-corrected chi connectivity index (χ3v) is 3.14. The molecule has 1 aromatic heterocycles. The van der Waals surface area contributed by atoms with Crippen LogP contribution in [0, 0.1) is 5.92 Å². The first-order valence-corrected chi connectivity index (χ1v) is 5.70. The predicted octanol–water partition coefficient (Wildman–Crippen LogP) is 1.39. The number of nitrogen functional groups attached to an aromatic ring is 1. The van der Waals surface area contributed by atoms with Crippen molar-refractivity contribution in [3.8, 4) is 5.88 Å². The molecule has 1 aromatic rings. The van der Waals surface area contributed by atoms with Crippen molar-refractivity contribution in [1.29, 1.82) is 0 Å². The fourth-order valence-electron chi connectivity index (χ4n) is 0.958. The second-order valence-electron chi connectivity index (χ2n) is 3.35. The smallest absolute Gasteiger partial charge is 0.237 e. The highest BCUT2D eigenvalue weighted by molar-refractivity contribution is 7.99. The first kappa shape index (κ1) is 12.1.